The molecule has 1 amide bonds. The van der Waals surface area contributed by atoms with Crippen molar-refractivity contribution in [1.82, 2.24) is 15.0 Å². The van der Waals surface area contributed by atoms with Crippen molar-refractivity contribution in [3.63, 3.8) is 0 Å². The summed E-state index contributed by atoms with van der Waals surface area (Å²) in [5.41, 5.74) is 2.95. The first-order chi connectivity index (χ1) is 13.9. The van der Waals surface area contributed by atoms with Gasteiger partial charge >= 0.3 is 0 Å². The third-order valence-corrected chi connectivity index (χ3v) is 4.44. The Bertz CT molecular complexity index is 949. The third-order valence-electron chi connectivity index (χ3n) is 4.44. The number of ether oxygens (including phenoxy) is 1. The molecule has 0 saturated heterocycles. The minimum absolute atomic E-state index is 0.0319. The van der Waals surface area contributed by atoms with E-state index in [1.807, 2.05) is 26.0 Å². The topological polar surface area (TPSA) is 68.5 Å². The number of aryl methyl sites for hydroxylation is 3. The molecule has 0 aliphatic rings. The van der Waals surface area contributed by atoms with Crippen molar-refractivity contribution < 1.29 is 18.4 Å². The smallest absolute Gasteiger partial charge is 0.227 e. The van der Waals surface area contributed by atoms with Crippen LogP contribution < -0.4 is 4.74 Å². The van der Waals surface area contributed by atoms with Gasteiger partial charge in [0.1, 0.15) is 18.2 Å². The van der Waals surface area contributed by atoms with Crippen molar-refractivity contribution in [2.45, 2.75) is 26.7 Å². The summed E-state index contributed by atoms with van der Waals surface area (Å²) in [5.74, 6) is 1.20. The molecule has 0 aliphatic heterocycles. The molecule has 0 bridgehead atoms. The highest BCUT2D eigenvalue weighted by molar-refractivity contribution is 5.76. The van der Waals surface area contributed by atoms with Crippen LogP contribution in [0.25, 0.3) is 11.4 Å². The second-order valence-electron chi connectivity index (χ2n) is 7.01. The highest BCUT2D eigenvalue weighted by Gasteiger charge is 2.13. The molecule has 6 nitrogen and oxygen atoms in total. The zero-order chi connectivity index (χ0) is 20.8. The lowest BCUT2D eigenvalue weighted by Gasteiger charge is -2.17. The van der Waals surface area contributed by atoms with Gasteiger partial charge in [-0.25, -0.2) is 4.39 Å². The summed E-state index contributed by atoms with van der Waals surface area (Å²) in [6, 6.07) is 11.9. The van der Waals surface area contributed by atoms with Crippen LogP contribution in [0.15, 0.2) is 47.0 Å². The normalized spacial score (nSPS) is 10.8. The van der Waals surface area contributed by atoms with Gasteiger partial charge in [-0.05, 0) is 61.4 Å². The van der Waals surface area contributed by atoms with Crippen molar-refractivity contribution >= 4 is 5.91 Å². The molecule has 2 aromatic carbocycles. The standard InChI is InChI=1S/C22H24FN3O3/c1-15-12-16(2)14-19(13-15)28-11-10-26(3)21(27)9-8-20-24-22(25-29-20)17-4-6-18(23)7-5-17/h4-7,12-14H,8-11H2,1-3H3. The fourth-order valence-electron chi connectivity index (χ4n) is 2.92. The first kappa shape index (κ1) is 20.5. The molecule has 0 aliphatic carbocycles. The minimum Gasteiger partial charge on any atom is -0.492 e. The average molecular weight is 397 g/mol. The molecule has 3 aromatic rings. The molecule has 0 fully saturated rings. The van der Waals surface area contributed by atoms with Crippen molar-refractivity contribution in [3.8, 4) is 17.1 Å². The lowest BCUT2D eigenvalue weighted by Crippen LogP contribution is -2.31. The maximum absolute atomic E-state index is 13.0. The molecule has 0 spiro atoms. The first-order valence-electron chi connectivity index (χ1n) is 9.44. The van der Waals surface area contributed by atoms with Crippen LogP contribution in [0.4, 0.5) is 4.39 Å². The molecular formula is C22H24FN3O3. The molecule has 0 unspecified atom stereocenters. The highest BCUT2D eigenvalue weighted by atomic mass is 19.1. The Morgan fingerprint density at radius 2 is 1.83 bits per heavy atom. The van der Waals surface area contributed by atoms with E-state index >= 15 is 0 Å². The molecule has 7 heteroatoms. The Balaban J connectivity index is 1.44. The fourth-order valence-corrected chi connectivity index (χ4v) is 2.92. The molecule has 29 heavy (non-hydrogen) atoms. The second-order valence-corrected chi connectivity index (χ2v) is 7.01. The van der Waals surface area contributed by atoms with E-state index in [0.717, 1.165) is 16.9 Å². The number of nitrogens with zero attached hydrogens (tertiary/aromatic N) is 3. The molecular weight excluding hydrogens is 373 g/mol. The third kappa shape index (κ3) is 5.88. The Kier molecular flexibility index (Phi) is 6.59. The van der Waals surface area contributed by atoms with E-state index in [9.17, 15) is 9.18 Å². The summed E-state index contributed by atoms with van der Waals surface area (Å²) in [4.78, 5) is 18.2. The molecule has 0 atom stereocenters. The molecule has 0 N–H and O–H groups in total. The van der Waals surface area contributed by atoms with E-state index in [1.54, 1.807) is 24.1 Å². The first-order valence-corrected chi connectivity index (χ1v) is 9.44. The van der Waals surface area contributed by atoms with E-state index in [4.69, 9.17) is 9.26 Å². The van der Waals surface area contributed by atoms with Gasteiger partial charge in [0.05, 0.1) is 6.54 Å². The van der Waals surface area contributed by atoms with Crippen LogP contribution >= 0.6 is 0 Å². The summed E-state index contributed by atoms with van der Waals surface area (Å²) >= 11 is 0. The summed E-state index contributed by atoms with van der Waals surface area (Å²) < 4.78 is 23.9. The van der Waals surface area contributed by atoms with Gasteiger partial charge in [-0.2, -0.15) is 4.98 Å². The van der Waals surface area contributed by atoms with Gasteiger partial charge in [-0.15, -0.1) is 0 Å². The average Bonchev–Trinajstić information content (AvgIpc) is 3.15. The highest BCUT2D eigenvalue weighted by Crippen LogP contribution is 2.17. The monoisotopic (exact) mass is 397 g/mol. The summed E-state index contributed by atoms with van der Waals surface area (Å²) in [6.45, 7) is 4.94. The summed E-state index contributed by atoms with van der Waals surface area (Å²) in [7, 11) is 1.74. The van der Waals surface area contributed by atoms with Gasteiger partial charge < -0.3 is 14.2 Å². The lowest BCUT2D eigenvalue weighted by atomic mass is 10.1. The van der Waals surface area contributed by atoms with Crippen LogP contribution in [0.1, 0.15) is 23.4 Å². The SMILES string of the molecule is Cc1cc(C)cc(OCCN(C)C(=O)CCc2nc(-c3ccc(F)cc3)no2)c1. The van der Waals surface area contributed by atoms with Crippen LogP contribution in [0.3, 0.4) is 0 Å². The number of carbonyl (C=O) groups is 1. The zero-order valence-electron chi connectivity index (χ0n) is 16.8. The van der Waals surface area contributed by atoms with Gasteiger partial charge in [0.15, 0.2) is 0 Å². The fraction of sp³-hybridized carbons (Fsp3) is 0.318. The Morgan fingerprint density at radius 3 is 2.52 bits per heavy atom. The second kappa shape index (κ2) is 9.32. The molecule has 3 rings (SSSR count). The summed E-state index contributed by atoms with van der Waals surface area (Å²) in [5, 5.41) is 3.88. The van der Waals surface area contributed by atoms with E-state index in [1.165, 1.54) is 12.1 Å². The zero-order valence-corrected chi connectivity index (χ0v) is 16.8. The van der Waals surface area contributed by atoms with Gasteiger partial charge in [0, 0.05) is 25.5 Å². The Labute approximate surface area is 169 Å². The van der Waals surface area contributed by atoms with Crippen LogP contribution in [-0.4, -0.2) is 41.1 Å². The minimum atomic E-state index is -0.326. The van der Waals surface area contributed by atoms with Crippen LogP contribution in [-0.2, 0) is 11.2 Å². The van der Waals surface area contributed by atoms with E-state index in [-0.39, 0.29) is 18.1 Å². The van der Waals surface area contributed by atoms with Crippen LogP contribution in [0, 0.1) is 19.7 Å². The van der Waals surface area contributed by atoms with E-state index < -0.39 is 0 Å². The molecule has 0 saturated carbocycles. The van der Waals surface area contributed by atoms with Crippen LogP contribution in [0.2, 0.25) is 0 Å². The predicted octanol–water partition coefficient (Wildman–Crippen LogP) is 3.96. The van der Waals surface area contributed by atoms with Gasteiger partial charge in [0.25, 0.3) is 0 Å². The Hall–Kier alpha value is -3.22. The number of hydrogen-bond acceptors (Lipinski definition) is 5. The largest absolute Gasteiger partial charge is 0.492 e. The summed E-state index contributed by atoms with van der Waals surface area (Å²) in [6.07, 6.45) is 0.598. The van der Waals surface area contributed by atoms with E-state index in [2.05, 4.69) is 16.2 Å². The number of carbonyl (C=O) groups excluding carboxylic acids is 1. The van der Waals surface area contributed by atoms with Crippen LogP contribution in [0.5, 0.6) is 5.75 Å². The number of benzene rings is 2. The van der Waals surface area contributed by atoms with Crippen molar-refractivity contribution in [2.75, 3.05) is 20.2 Å². The number of rotatable bonds is 8. The Morgan fingerprint density at radius 1 is 1.14 bits per heavy atom. The number of likely N-dealkylation sites (N-methyl/N-ethyl adjacent to an activating group) is 1. The van der Waals surface area contributed by atoms with E-state index in [0.29, 0.717) is 36.9 Å². The van der Waals surface area contributed by atoms with Gasteiger partial charge in [-0.1, -0.05) is 11.2 Å². The quantitative estimate of drug-likeness (QED) is 0.575. The number of aromatic nitrogens is 2. The maximum Gasteiger partial charge on any atom is 0.227 e. The van der Waals surface area contributed by atoms with Gasteiger partial charge in [0.2, 0.25) is 17.6 Å². The number of halogens is 1. The number of hydrogen-bond donors (Lipinski definition) is 0. The van der Waals surface area contributed by atoms with Crippen molar-refractivity contribution in [3.05, 3.63) is 65.3 Å². The molecule has 152 valence electrons. The molecule has 1 aromatic heterocycles. The molecule has 1 heterocycles. The lowest BCUT2D eigenvalue weighted by molar-refractivity contribution is -0.130. The maximum atomic E-state index is 13.0. The predicted molar refractivity (Wildman–Crippen MR) is 107 cm³/mol. The van der Waals surface area contributed by atoms with Crippen molar-refractivity contribution in [2.24, 2.45) is 0 Å². The van der Waals surface area contributed by atoms with Gasteiger partial charge in [-0.3, -0.25) is 4.79 Å². The van der Waals surface area contributed by atoms with Crippen molar-refractivity contribution in [1.29, 1.82) is 0 Å². The molecule has 0 radical (unpaired) electrons. The number of amides is 1.